The van der Waals surface area contributed by atoms with E-state index in [0.29, 0.717) is 0 Å². The van der Waals surface area contributed by atoms with E-state index in [2.05, 4.69) is 35.4 Å². The molecular formula is Bi2Br2O. The van der Waals surface area contributed by atoms with Crippen molar-refractivity contribution in [1.82, 2.24) is 0 Å². The minimum Gasteiger partial charge on any atom is -0.230 e. The molecule has 0 heterocycles. The second-order valence-corrected chi connectivity index (χ2v) is 1.57. The molecule has 0 aromatic rings. The summed E-state index contributed by atoms with van der Waals surface area (Å²) in [6.45, 7) is 0. The van der Waals surface area contributed by atoms with E-state index in [-0.39, 0.29) is 52.4 Å². The molecule has 0 saturated carbocycles. The molecule has 0 fully saturated rings. The van der Waals surface area contributed by atoms with Crippen LogP contribution in [-0.4, -0.2) is 52.4 Å². The van der Waals surface area contributed by atoms with Crippen molar-refractivity contribution in [2.45, 2.75) is 0 Å². The molecule has 1 nitrogen and oxygen atoms in total. The van der Waals surface area contributed by atoms with Crippen molar-refractivity contribution in [2.24, 2.45) is 0 Å². The predicted molar refractivity (Wildman–Crippen MR) is 30.4 cm³/mol. The molecule has 6 radical (unpaired) electrons. The van der Waals surface area contributed by atoms with Crippen LogP contribution in [0.5, 0.6) is 0 Å². The van der Waals surface area contributed by atoms with E-state index in [1.54, 1.807) is 0 Å². The van der Waals surface area contributed by atoms with Crippen LogP contribution in [0.4, 0.5) is 0 Å². The van der Waals surface area contributed by atoms with Crippen molar-refractivity contribution in [1.29, 1.82) is 0 Å². The Morgan fingerprint density at radius 3 is 1.00 bits per heavy atom. The van der Waals surface area contributed by atoms with E-state index in [4.69, 9.17) is 0 Å². The van der Waals surface area contributed by atoms with Gasteiger partial charge in [-0.05, 0) is 0 Å². The van der Waals surface area contributed by atoms with Gasteiger partial charge < -0.3 is 0 Å². The summed E-state index contributed by atoms with van der Waals surface area (Å²) >= 11 is 5.12. The first-order valence-corrected chi connectivity index (χ1v) is 1.60. The standard InChI is InChI=1S/2Bi.Br2O/c;;1-3-2. The van der Waals surface area contributed by atoms with Gasteiger partial charge in [0.05, 0.1) is 0 Å². The van der Waals surface area contributed by atoms with Crippen LogP contribution >= 0.6 is 32.5 Å². The fraction of sp³-hybridized carbons (Fsp3) is 0. The maximum absolute atomic E-state index is 3.88. The molecule has 0 saturated heterocycles. The number of rotatable bonds is 0. The van der Waals surface area contributed by atoms with Crippen LogP contribution in [0.15, 0.2) is 0 Å². The monoisotopic (exact) mass is 592 g/mol. The van der Waals surface area contributed by atoms with Crippen LogP contribution in [0.25, 0.3) is 0 Å². The largest absolute Gasteiger partial charge is 0.230 e. The van der Waals surface area contributed by atoms with Gasteiger partial charge in [0.1, 0.15) is 32.5 Å². The minimum absolute atomic E-state index is 0. The van der Waals surface area contributed by atoms with E-state index >= 15 is 0 Å². The van der Waals surface area contributed by atoms with Gasteiger partial charge in [0.2, 0.25) is 0 Å². The molecule has 0 rings (SSSR count). The summed E-state index contributed by atoms with van der Waals surface area (Å²) in [4.78, 5) is 0. The molecule has 0 aliphatic heterocycles. The molecule has 0 amide bonds. The second-order valence-electron chi connectivity index (χ2n) is 0.0583. The summed E-state index contributed by atoms with van der Waals surface area (Å²) in [5, 5.41) is 0. The zero-order chi connectivity index (χ0) is 2.71. The van der Waals surface area contributed by atoms with Gasteiger partial charge in [-0.2, -0.15) is 0 Å². The maximum Gasteiger partial charge on any atom is 0.115 e. The number of hydrogen-bond donors (Lipinski definition) is 0. The molecule has 0 aromatic carbocycles. The molecule has 0 aliphatic carbocycles. The first-order valence-electron chi connectivity index (χ1n) is 0.309. The SMILES string of the molecule is BrOBr.[Bi].[Bi]. The third-order valence-corrected chi connectivity index (χ3v) is 0. The zero-order valence-corrected chi connectivity index (χ0v) is 12.2. The van der Waals surface area contributed by atoms with E-state index < -0.39 is 0 Å². The molecule has 0 N–H and O–H groups in total. The zero-order valence-electron chi connectivity index (χ0n) is 2.06. The van der Waals surface area contributed by atoms with Crippen molar-refractivity contribution in [3.05, 3.63) is 0 Å². The van der Waals surface area contributed by atoms with Gasteiger partial charge >= 0.3 is 0 Å². The number of halogens is 2. The first-order chi connectivity index (χ1) is 1.41. The van der Waals surface area contributed by atoms with E-state index in [1.165, 1.54) is 0 Å². The average Bonchev–Trinajstić information content (AvgIpc) is 0.918. The first kappa shape index (κ1) is 15.6. The Hall–Kier alpha value is 2.69. The molecule has 0 atom stereocenters. The predicted octanol–water partition coefficient (Wildman–Crippen LogP) is 0.861. The van der Waals surface area contributed by atoms with Gasteiger partial charge in [-0.1, -0.05) is 0 Å². The molecule has 5 heavy (non-hydrogen) atoms. The van der Waals surface area contributed by atoms with Crippen LogP contribution in [0, 0.1) is 0 Å². The van der Waals surface area contributed by atoms with Gasteiger partial charge in [-0.15, -0.1) is 0 Å². The van der Waals surface area contributed by atoms with Crippen molar-refractivity contribution in [2.75, 3.05) is 0 Å². The maximum atomic E-state index is 3.88. The Labute approximate surface area is 86.4 Å². The third kappa shape index (κ3) is 20.3. The fourth-order valence-electron chi connectivity index (χ4n) is 0. The van der Waals surface area contributed by atoms with Crippen LogP contribution in [-0.2, 0) is 2.92 Å². The molecule has 30 valence electrons. The molecule has 5 heteroatoms. The van der Waals surface area contributed by atoms with E-state index in [1.807, 2.05) is 0 Å². The van der Waals surface area contributed by atoms with Gasteiger partial charge in [0.15, 0.2) is 0 Å². The summed E-state index contributed by atoms with van der Waals surface area (Å²) in [5.74, 6) is 0. The van der Waals surface area contributed by atoms with Gasteiger partial charge in [-0.25, -0.2) is 2.92 Å². The summed E-state index contributed by atoms with van der Waals surface area (Å²) in [5.41, 5.74) is 0. The smallest absolute Gasteiger partial charge is 0.115 e. The van der Waals surface area contributed by atoms with Crippen molar-refractivity contribution in [3.63, 3.8) is 0 Å². The molecule has 0 spiro atoms. The van der Waals surface area contributed by atoms with E-state index in [9.17, 15) is 0 Å². The van der Waals surface area contributed by atoms with Crippen LogP contribution in [0.1, 0.15) is 0 Å². The molecular weight excluding hydrogens is 594 g/mol. The van der Waals surface area contributed by atoms with Crippen LogP contribution in [0.3, 0.4) is 0 Å². The van der Waals surface area contributed by atoms with Gasteiger partial charge in [0, 0.05) is 52.4 Å². The third-order valence-electron chi connectivity index (χ3n) is 0. The molecule has 0 aliphatic rings. The Balaban J connectivity index is -0.0000000200. The topological polar surface area (TPSA) is 9.23 Å². The van der Waals surface area contributed by atoms with Gasteiger partial charge in [-0.3, -0.25) is 0 Å². The Kier molecular flexibility index (Phi) is 49.8. The van der Waals surface area contributed by atoms with E-state index in [0.717, 1.165) is 0 Å². The Morgan fingerprint density at radius 2 is 1.00 bits per heavy atom. The normalized spacial score (nSPS) is 3.60. The van der Waals surface area contributed by atoms with Crippen molar-refractivity contribution < 1.29 is 2.92 Å². The van der Waals surface area contributed by atoms with Crippen molar-refractivity contribution >= 4 is 84.9 Å². The summed E-state index contributed by atoms with van der Waals surface area (Å²) in [7, 11) is 0. The average molecular weight is 594 g/mol. The van der Waals surface area contributed by atoms with Gasteiger partial charge in [0.25, 0.3) is 0 Å². The second kappa shape index (κ2) is 15.9. The molecule has 0 bridgehead atoms. The number of hydrogen-bond acceptors (Lipinski definition) is 1. The Bertz CT molecular complexity index is 7.61. The van der Waals surface area contributed by atoms with Crippen LogP contribution in [0.2, 0.25) is 0 Å². The fourth-order valence-corrected chi connectivity index (χ4v) is 0. The quantitative estimate of drug-likeness (QED) is 0.379. The summed E-state index contributed by atoms with van der Waals surface area (Å²) < 4.78 is 3.88. The van der Waals surface area contributed by atoms with Crippen LogP contribution < -0.4 is 0 Å². The Morgan fingerprint density at radius 1 is 1.00 bits per heavy atom. The minimum atomic E-state index is 0. The van der Waals surface area contributed by atoms with Crippen molar-refractivity contribution in [3.8, 4) is 0 Å². The molecule has 0 aromatic heterocycles. The molecule has 0 unspecified atom stereocenters. The summed E-state index contributed by atoms with van der Waals surface area (Å²) in [6, 6.07) is 0. The summed E-state index contributed by atoms with van der Waals surface area (Å²) in [6.07, 6.45) is 0.